The van der Waals surface area contributed by atoms with Gasteiger partial charge in [-0.1, -0.05) is 13.8 Å². The van der Waals surface area contributed by atoms with E-state index in [-0.39, 0.29) is 24.6 Å². The minimum Gasteiger partial charge on any atom is -0.479 e. The van der Waals surface area contributed by atoms with E-state index >= 15 is 0 Å². The highest BCUT2D eigenvalue weighted by Crippen LogP contribution is 2.51. The summed E-state index contributed by atoms with van der Waals surface area (Å²) in [5.74, 6) is -1.67. The van der Waals surface area contributed by atoms with Crippen LogP contribution in [0.2, 0.25) is 0 Å². The number of rotatable bonds is 6. The molecule has 0 amide bonds. The number of carboxylic acid groups (broad SMARTS) is 1. The second kappa shape index (κ2) is 7.40. The van der Waals surface area contributed by atoms with Crippen LogP contribution in [0.4, 0.5) is 4.39 Å². The van der Waals surface area contributed by atoms with E-state index in [1.807, 2.05) is 12.1 Å². The van der Waals surface area contributed by atoms with Crippen LogP contribution in [0.15, 0.2) is 42.6 Å². The Labute approximate surface area is 189 Å². The Kier molecular flexibility index (Phi) is 4.84. The van der Waals surface area contributed by atoms with Crippen molar-refractivity contribution in [2.45, 2.75) is 43.6 Å². The first-order chi connectivity index (χ1) is 15.6. The molecule has 5 rings (SSSR count). The van der Waals surface area contributed by atoms with Crippen molar-refractivity contribution in [2.75, 3.05) is 13.7 Å². The number of nitrogens with one attached hydrogen (secondary N) is 1. The number of H-pyrrole nitrogens is 1. The summed E-state index contributed by atoms with van der Waals surface area (Å²) >= 11 is 0. The third-order valence-electron chi connectivity index (χ3n) is 6.77. The van der Waals surface area contributed by atoms with Crippen LogP contribution in [-0.4, -0.2) is 50.3 Å². The van der Waals surface area contributed by atoms with Gasteiger partial charge in [0.1, 0.15) is 5.82 Å². The van der Waals surface area contributed by atoms with Crippen molar-refractivity contribution < 1.29 is 24.1 Å². The molecule has 0 atom stereocenters. The molecule has 8 heteroatoms. The highest BCUT2D eigenvalue weighted by Gasteiger charge is 2.51. The fourth-order valence-electron chi connectivity index (χ4n) is 5.25. The predicted molar refractivity (Wildman–Crippen MR) is 122 cm³/mol. The number of methoxy groups -OCH3 is 1. The molecule has 0 aliphatic heterocycles. The van der Waals surface area contributed by atoms with Gasteiger partial charge in [-0.15, -0.1) is 0 Å². The lowest BCUT2D eigenvalue weighted by molar-refractivity contribution is -0.169. The SMILES string of the molecule is COCC(C)(C)c1c([C@H]2C[C@](O)(C(=O)O)C2)c2cc3[nH]ncc3cc2n1-c1ccc(F)cc1. The first-order valence-corrected chi connectivity index (χ1v) is 10.9. The lowest BCUT2D eigenvalue weighted by Crippen LogP contribution is -2.49. The Morgan fingerprint density at radius 3 is 2.64 bits per heavy atom. The zero-order chi connectivity index (χ0) is 23.5. The van der Waals surface area contributed by atoms with Crippen LogP contribution in [0.1, 0.15) is 43.9 Å². The summed E-state index contributed by atoms with van der Waals surface area (Å²) in [4.78, 5) is 11.6. The van der Waals surface area contributed by atoms with E-state index < -0.39 is 17.0 Å². The lowest BCUT2D eigenvalue weighted by Gasteiger charge is -2.42. The average Bonchev–Trinajstić information content (AvgIpc) is 3.32. The third-order valence-corrected chi connectivity index (χ3v) is 6.77. The number of halogens is 1. The van der Waals surface area contributed by atoms with Gasteiger partial charge in [0.25, 0.3) is 0 Å². The molecule has 4 aromatic rings. The monoisotopic (exact) mass is 451 g/mol. The molecule has 0 saturated heterocycles. The maximum Gasteiger partial charge on any atom is 0.335 e. The van der Waals surface area contributed by atoms with E-state index in [0.29, 0.717) is 6.61 Å². The standard InChI is InChI=1S/C25H26FN3O4/c1-24(2,13-33-3)22-21(15-10-25(32,11-15)23(30)31)18-9-19-14(12-27-28-19)8-20(18)29(22)17-6-4-16(26)5-7-17/h4-9,12,15,32H,10-11,13H2,1-3H3,(H,27,28)(H,30,31)/t15-,25+. The zero-order valence-corrected chi connectivity index (χ0v) is 18.7. The molecular weight excluding hydrogens is 425 g/mol. The third kappa shape index (κ3) is 3.32. The molecule has 2 aromatic heterocycles. The Morgan fingerprint density at radius 1 is 1.30 bits per heavy atom. The number of carbonyl (C=O) groups is 1. The van der Waals surface area contributed by atoms with Crippen molar-refractivity contribution in [2.24, 2.45) is 0 Å². The van der Waals surface area contributed by atoms with Gasteiger partial charge in [-0.05, 0) is 60.7 Å². The first-order valence-electron chi connectivity index (χ1n) is 10.9. The van der Waals surface area contributed by atoms with Crippen molar-refractivity contribution in [3.05, 3.63) is 59.7 Å². The van der Waals surface area contributed by atoms with Crippen LogP contribution < -0.4 is 0 Å². The van der Waals surface area contributed by atoms with Gasteiger partial charge in [-0.25, -0.2) is 9.18 Å². The lowest BCUT2D eigenvalue weighted by atomic mass is 9.66. The molecule has 1 aliphatic carbocycles. The Balaban J connectivity index is 1.85. The van der Waals surface area contributed by atoms with Gasteiger partial charge in [0.05, 0.1) is 23.8 Å². The first kappa shape index (κ1) is 21.6. The molecule has 0 spiro atoms. The number of carboxylic acids is 1. The number of aliphatic carboxylic acids is 1. The van der Waals surface area contributed by atoms with Crippen molar-refractivity contribution >= 4 is 27.8 Å². The minimum atomic E-state index is -1.73. The molecule has 7 nitrogen and oxygen atoms in total. The van der Waals surface area contributed by atoms with E-state index in [4.69, 9.17) is 4.74 Å². The molecule has 33 heavy (non-hydrogen) atoms. The molecule has 0 unspecified atom stereocenters. The van der Waals surface area contributed by atoms with Crippen molar-refractivity contribution in [3.63, 3.8) is 0 Å². The quantitative estimate of drug-likeness (QED) is 0.407. The summed E-state index contributed by atoms with van der Waals surface area (Å²) < 4.78 is 21.4. The molecule has 0 bridgehead atoms. The highest BCUT2D eigenvalue weighted by molar-refractivity contribution is 5.99. The van der Waals surface area contributed by atoms with Crippen molar-refractivity contribution in [1.29, 1.82) is 0 Å². The molecule has 1 aliphatic rings. The van der Waals surface area contributed by atoms with Crippen LogP contribution in [0.5, 0.6) is 0 Å². The largest absolute Gasteiger partial charge is 0.479 e. The summed E-state index contributed by atoms with van der Waals surface area (Å²) in [7, 11) is 1.65. The number of ether oxygens (including phenoxy) is 1. The maximum absolute atomic E-state index is 13.8. The summed E-state index contributed by atoms with van der Waals surface area (Å²) in [5, 5.41) is 29.0. The summed E-state index contributed by atoms with van der Waals surface area (Å²) in [6.45, 7) is 4.57. The number of hydrogen-bond donors (Lipinski definition) is 3. The van der Waals surface area contributed by atoms with Gasteiger partial charge in [0.2, 0.25) is 0 Å². The normalized spacial score (nSPS) is 20.9. The fourth-order valence-corrected chi connectivity index (χ4v) is 5.25. The molecule has 0 radical (unpaired) electrons. The number of hydrogen-bond acceptors (Lipinski definition) is 4. The number of benzene rings is 2. The van der Waals surface area contributed by atoms with E-state index in [1.165, 1.54) is 12.1 Å². The molecule has 1 fully saturated rings. The van der Waals surface area contributed by atoms with Crippen LogP contribution in [0, 0.1) is 5.82 Å². The number of aromatic nitrogens is 3. The number of nitrogens with zero attached hydrogens (tertiary/aromatic N) is 2. The molecule has 172 valence electrons. The second-order valence-corrected chi connectivity index (χ2v) is 9.66. The summed E-state index contributed by atoms with van der Waals surface area (Å²) in [5.41, 5.74) is 2.33. The van der Waals surface area contributed by atoms with E-state index in [2.05, 4.69) is 28.6 Å². The Hall–Kier alpha value is -3.23. The topological polar surface area (TPSA) is 100 Å². The number of fused-ring (bicyclic) bond motifs is 2. The van der Waals surface area contributed by atoms with E-state index in [9.17, 15) is 19.4 Å². The molecule has 3 N–H and O–H groups in total. The zero-order valence-electron chi connectivity index (χ0n) is 18.7. The van der Waals surface area contributed by atoms with E-state index in [0.717, 1.165) is 38.8 Å². The predicted octanol–water partition coefficient (Wildman–Crippen LogP) is 4.26. The second-order valence-electron chi connectivity index (χ2n) is 9.66. The van der Waals surface area contributed by atoms with Gasteiger partial charge in [0, 0.05) is 34.7 Å². The smallest absolute Gasteiger partial charge is 0.335 e. The molecule has 2 aromatic carbocycles. The Bertz CT molecular complexity index is 1360. The van der Waals surface area contributed by atoms with E-state index in [1.54, 1.807) is 25.4 Å². The van der Waals surface area contributed by atoms with Crippen molar-refractivity contribution in [1.82, 2.24) is 14.8 Å². The van der Waals surface area contributed by atoms with Crippen molar-refractivity contribution in [3.8, 4) is 5.69 Å². The molecule has 1 saturated carbocycles. The summed E-state index contributed by atoms with van der Waals surface area (Å²) in [6, 6.07) is 10.4. The highest BCUT2D eigenvalue weighted by atomic mass is 19.1. The van der Waals surface area contributed by atoms with Crippen LogP contribution >= 0.6 is 0 Å². The van der Waals surface area contributed by atoms with Gasteiger partial charge in [0.15, 0.2) is 5.60 Å². The van der Waals surface area contributed by atoms with Crippen LogP contribution in [-0.2, 0) is 14.9 Å². The van der Waals surface area contributed by atoms with Gasteiger partial charge >= 0.3 is 5.97 Å². The maximum atomic E-state index is 13.8. The minimum absolute atomic E-state index is 0.127. The summed E-state index contributed by atoms with van der Waals surface area (Å²) in [6.07, 6.45) is 2.01. The van der Waals surface area contributed by atoms with Gasteiger partial charge in [-0.3, -0.25) is 5.10 Å². The number of aromatic amines is 1. The fraction of sp³-hybridized carbons (Fsp3) is 0.360. The van der Waals surface area contributed by atoms with Crippen LogP contribution in [0.3, 0.4) is 0 Å². The Morgan fingerprint density at radius 2 is 2.00 bits per heavy atom. The van der Waals surface area contributed by atoms with Gasteiger partial charge < -0.3 is 19.5 Å². The van der Waals surface area contributed by atoms with Gasteiger partial charge in [-0.2, -0.15) is 5.10 Å². The molecular formula is C25H26FN3O4. The average molecular weight is 451 g/mol. The van der Waals surface area contributed by atoms with Crippen LogP contribution in [0.25, 0.3) is 27.5 Å². The molecule has 2 heterocycles. The number of aliphatic hydroxyl groups is 1.